The molecule has 2 aliphatic carbocycles. The molecule has 2 fully saturated rings. The number of hydrogen-bond acceptors (Lipinski definition) is 6. The lowest BCUT2D eigenvalue weighted by atomic mass is 9.79. The molecule has 218 valence electrons. The summed E-state index contributed by atoms with van der Waals surface area (Å²) in [7, 11) is 0. The monoisotopic (exact) mass is 580 g/mol. The smallest absolute Gasteiger partial charge is 0.475 e. The molecule has 1 unspecified atom stereocenters. The number of benzene rings is 1. The highest BCUT2D eigenvalue weighted by molar-refractivity contribution is 7.80. The molecule has 8 nitrogen and oxygen atoms in total. The van der Waals surface area contributed by atoms with Crippen LogP contribution in [0, 0.1) is 11.8 Å². The summed E-state index contributed by atoms with van der Waals surface area (Å²) >= 11 is 5.73. The summed E-state index contributed by atoms with van der Waals surface area (Å²) in [6.45, 7) is 2.68. The number of thiocarbonyl (C=S) groups is 1. The maximum absolute atomic E-state index is 13.7. The number of alkyl halides is 3. The van der Waals surface area contributed by atoms with Crippen molar-refractivity contribution in [2.24, 2.45) is 11.8 Å². The van der Waals surface area contributed by atoms with Gasteiger partial charge in [0.2, 0.25) is 5.91 Å². The fraction of sp³-hybridized carbons (Fsp3) is 0.571. The maximum Gasteiger partial charge on any atom is 0.490 e. The van der Waals surface area contributed by atoms with Gasteiger partial charge in [0.1, 0.15) is 11.2 Å². The Hall–Kier alpha value is -2.99. The van der Waals surface area contributed by atoms with Gasteiger partial charge in [-0.2, -0.15) is 13.2 Å². The van der Waals surface area contributed by atoms with Crippen LogP contribution in [0.4, 0.5) is 13.2 Å². The molecular formula is C28H35F3N4O4S. The van der Waals surface area contributed by atoms with Crippen molar-refractivity contribution >= 4 is 35.0 Å². The standard InChI is InChI=1S/C26H34N4O2S.C2HF3O2/c31-22(12-14-27-16-18-6-2-1-3-7-18)29-15-13-21-23(26(29)33)25(32)30(17-19-8-4-9-19)24(28-21)20-10-5-11-20;3-2(4,5)1(6)7/h1-3,6-7,19-20,24,27-28H,4-5,8-17H2;(H,6,7). The molecule has 1 aromatic carbocycles. The van der Waals surface area contributed by atoms with Crippen LogP contribution in [0.2, 0.25) is 0 Å². The van der Waals surface area contributed by atoms with E-state index in [2.05, 4.69) is 22.8 Å². The number of carboxylic acids is 1. The van der Waals surface area contributed by atoms with Crippen LogP contribution in [-0.4, -0.2) is 69.7 Å². The van der Waals surface area contributed by atoms with Crippen LogP contribution in [0.15, 0.2) is 41.6 Å². The molecule has 2 saturated carbocycles. The molecule has 2 heterocycles. The van der Waals surface area contributed by atoms with Gasteiger partial charge in [-0.25, -0.2) is 4.79 Å². The van der Waals surface area contributed by atoms with Crippen LogP contribution >= 0.6 is 12.2 Å². The van der Waals surface area contributed by atoms with E-state index in [1.807, 2.05) is 23.1 Å². The molecule has 5 rings (SSSR count). The molecule has 0 radical (unpaired) electrons. The van der Waals surface area contributed by atoms with Crippen LogP contribution in [0.3, 0.4) is 0 Å². The highest BCUT2D eigenvalue weighted by Crippen LogP contribution is 2.38. The van der Waals surface area contributed by atoms with Gasteiger partial charge in [-0.15, -0.1) is 0 Å². The van der Waals surface area contributed by atoms with Crippen LogP contribution in [-0.2, 0) is 20.9 Å². The van der Waals surface area contributed by atoms with E-state index in [4.69, 9.17) is 22.1 Å². The largest absolute Gasteiger partial charge is 0.490 e. The van der Waals surface area contributed by atoms with Crippen LogP contribution in [0.25, 0.3) is 0 Å². The van der Waals surface area contributed by atoms with Crippen molar-refractivity contribution in [3.8, 4) is 0 Å². The third-order valence-corrected chi connectivity index (χ3v) is 8.41. The molecule has 0 aromatic heterocycles. The Bertz CT molecular complexity index is 1140. The molecule has 12 heteroatoms. The van der Waals surface area contributed by atoms with Gasteiger partial charge < -0.3 is 25.5 Å². The van der Waals surface area contributed by atoms with Crippen molar-refractivity contribution in [2.45, 2.75) is 70.3 Å². The van der Waals surface area contributed by atoms with Crippen LogP contribution < -0.4 is 10.6 Å². The summed E-state index contributed by atoms with van der Waals surface area (Å²) in [5.41, 5.74) is 2.72. The van der Waals surface area contributed by atoms with Crippen molar-refractivity contribution in [1.29, 1.82) is 0 Å². The first-order valence-electron chi connectivity index (χ1n) is 13.8. The summed E-state index contributed by atoms with van der Waals surface area (Å²) in [6, 6.07) is 10.2. The molecule has 1 aromatic rings. The molecule has 4 aliphatic rings. The Morgan fingerprint density at radius 1 is 1.10 bits per heavy atom. The predicted octanol–water partition coefficient (Wildman–Crippen LogP) is 3.97. The average Bonchev–Trinajstić information content (AvgIpc) is 2.84. The van der Waals surface area contributed by atoms with Crippen molar-refractivity contribution < 1.29 is 32.7 Å². The minimum atomic E-state index is -5.08. The second-order valence-corrected chi connectivity index (χ2v) is 11.1. The van der Waals surface area contributed by atoms with E-state index < -0.39 is 12.1 Å². The fourth-order valence-electron chi connectivity index (χ4n) is 5.28. The van der Waals surface area contributed by atoms with Crippen molar-refractivity contribution in [3.63, 3.8) is 0 Å². The number of hydrogen-bond donors (Lipinski definition) is 3. The van der Waals surface area contributed by atoms with Crippen molar-refractivity contribution in [3.05, 3.63) is 47.2 Å². The number of rotatable bonds is 8. The number of amides is 2. The molecule has 0 saturated heterocycles. The van der Waals surface area contributed by atoms with Crippen molar-refractivity contribution in [1.82, 2.24) is 20.4 Å². The summed E-state index contributed by atoms with van der Waals surface area (Å²) in [6.07, 6.45) is 3.34. The van der Waals surface area contributed by atoms with Crippen LogP contribution in [0.5, 0.6) is 0 Å². The SMILES string of the molecule is O=C(CCNCc1ccccc1)N1CCC2=C(C(=O)N(CC3CCC3)C(C3CCC3)N2)C1=S.O=C(O)C(F)(F)F. The zero-order valence-corrected chi connectivity index (χ0v) is 23.0. The lowest BCUT2D eigenvalue weighted by molar-refractivity contribution is -0.192. The first-order valence-corrected chi connectivity index (χ1v) is 14.2. The van der Waals surface area contributed by atoms with Gasteiger partial charge in [-0.1, -0.05) is 55.4 Å². The van der Waals surface area contributed by atoms with Gasteiger partial charge in [0.05, 0.1) is 5.57 Å². The zero-order valence-electron chi connectivity index (χ0n) is 22.2. The highest BCUT2D eigenvalue weighted by Gasteiger charge is 2.45. The third kappa shape index (κ3) is 7.20. The summed E-state index contributed by atoms with van der Waals surface area (Å²) in [4.78, 5) is 39.7. The quantitative estimate of drug-likeness (QED) is 0.316. The van der Waals surface area contributed by atoms with Gasteiger partial charge in [0, 0.05) is 44.7 Å². The lowest BCUT2D eigenvalue weighted by Gasteiger charge is -2.49. The molecular weight excluding hydrogens is 545 g/mol. The lowest BCUT2D eigenvalue weighted by Crippen LogP contribution is -2.62. The second kappa shape index (κ2) is 13.1. The molecule has 40 heavy (non-hydrogen) atoms. The summed E-state index contributed by atoms with van der Waals surface area (Å²) in [5, 5.41) is 14.2. The molecule has 3 N–H and O–H groups in total. The second-order valence-electron chi connectivity index (χ2n) is 10.7. The molecule has 2 aliphatic heterocycles. The van der Waals surface area contributed by atoms with E-state index >= 15 is 0 Å². The number of carbonyl (C=O) groups is 3. The van der Waals surface area contributed by atoms with Gasteiger partial charge in [0.25, 0.3) is 5.91 Å². The van der Waals surface area contributed by atoms with Gasteiger partial charge in [0.15, 0.2) is 0 Å². The Balaban J connectivity index is 0.000000470. The molecule has 0 bridgehead atoms. The number of nitrogens with zero attached hydrogens (tertiary/aromatic N) is 2. The normalized spacial score (nSPS) is 21.5. The number of nitrogens with one attached hydrogen (secondary N) is 2. The van der Waals surface area contributed by atoms with Crippen molar-refractivity contribution in [2.75, 3.05) is 19.6 Å². The fourth-order valence-corrected chi connectivity index (χ4v) is 5.68. The Kier molecular flexibility index (Phi) is 9.83. The Morgan fingerprint density at radius 2 is 1.75 bits per heavy atom. The molecule has 2 amide bonds. The van der Waals surface area contributed by atoms with E-state index in [-0.39, 0.29) is 18.0 Å². The minimum absolute atomic E-state index is 0.00780. The van der Waals surface area contributed by atoms with E-state index in [0.29, 0.717) is 48.3 Å². The number of aliphatic carboxylic acids is 1. The number of carbonyl (C=O) groups excluding carboxylic acids is 2. The van der Waals surface area contributed by atoms with Crippen LogP contribution in [0.1, 0.15) is 56.9 Å². The third-order valence-electron chi connectivity index (χ3n) is 7.99. The van der Waals surface area contributed by atoms with E-state index in [1.165, 1.54) is 44.1 Å². The maximum atomic E-state index is 13.7. The van der Waals surface area contributed by atoms with Gasteiger partial charge in [-0.3, -0.25) is 9.59 Å². The van der Waals surface area contributed by atoms with Gasteiger partial charge >= 0.3 is 12.1 Å². The topological polar surface area (TPSA) is 102 Å². The molecule has 0 spiro atoms. The Morgan fingerprint density at radius 3 is 2.30 bits per heavy atom. The average molecular weight is 581 g/mol. The van der Waals surface area contributed by atoms with E-state index in [1.54, 1.807) is 4.90 Å². The molecule has 1 atom stereocenters. The zero-order chi connectivity index (χ0) is 28.9. The van der Waals surface area contributed by atoms with E-state index in [0.717, 1.165) is 18.8 Å². The minimum Gasteiger partial charge on any atom is -0.475 e. The highest BCUT2D eigenvalue weighted by atomic mass is 32.1. The number of halogens is 3. The number of carboxylic acid groups (broad SMARTS) is 1. The first-order chi connectivity index (χ1) is 19.1. The van der Waals surface area contributed by atoms with E-state index in [9.17, 15) is 22.8 Å². The van der Waals surface area contributed by atoms with Gasteiger partial charge in [-0.05, 0) is 43.1 Å². The Labute approximate surface area is 237 Å². The summed E-state index contributed by atoms with van der Waals surface area (Å²) < 4.78 is 31.7. The summed E-state index contributed by atoms with van der Waals surface area (Å²) in [5.74, 6) is -1.59. The first kappa shape index (κ1) is 30.0. The predicted molar refractivity (Wildman–Crippen MR) is 146 cm³/mol.